The first-order valence-corrected chi connectivity index (χ1v) is 6.48. The summed E-state index contributed by atoms with van der Waals surface area (Å²) in [6.45, 7) is 0. The fourth-order valence-corrected chi connectivity index (χ4v) is 2.10. The third-order valence-corrected chi connectivity index (χ3v) is 3.25. The highest BCUT2D eigenvalue weighted by Gasteiger charge is 2.28. The Labute approximate surface area is 116 Å². The van der Waals surface area contributed by atoms with Gasteiger partial charge in [0.1, 0.15) is 6.04 Å². The smallest absolute Gasteiger partial charge is 0.326 e. The van der Waals surface area contributed by atoms with Crippen molar-refractivity contribution in [3.8, 4) is 0 Å². The summed E-state index contributed by atoms with van der Waals surface area (Å²) in [6, 6.07) is -2.47. The number of carboxylic acids is 1. The molecule has 20 heavy (non-hydrogen) atoms. The first-order chi connectivity index (χ1) is 9.43. The van der Waals surface area contributed by atoms with E-state index < -0.39 is 42.6 Å². The van der Waals surface area contributed by atoms with Crippen LogP contribution in [-0.4, -0.2) is 53.5 Å². The van der Waals surface area contributed by atoms with Gasteiger partial charge >= 0.3 is 18.0 Å². The van der Waals surface area contributed by atoms with Crippen LogP contribution in [0.2, 0.25) is 0 Å². The van der Waals surface area contributed by atoms with Gasteiger partial charge in [0.25, 0.3) is 0 Å². The quantitative estimate of drug-likeness (QED) is 0.510. The number of carboxylic acid groups (broad SMARTS) is 1. The average molecular weight is 288 g/mol. The summed E-state index contributed by atoms with van der Waals surface area (Å²) in [6.07, 6.45) is 1.97. The number of esters is 1. The summed E-state index contributed by atoms with van der Waals surface area (Å²) in [5.74, 6) is -2.05. The molecule has 1 saturated carbocycles. The number of aliphatic carboxylic acids is 1. The van der Waals surface area contributed by atoms with Gasteiger partial charge < -0.3 is 25.6 Å². The standard InChI is InChI=1S/C12H20N2O6/c1-20-10(16)6-8(11(17)18)14-12(19)13-7-4-2-3-5-9(7)15/h7-9,15H,2-6H2,1H3,(H,17,18)(H2,13,14,19)/t7?,8-,9?/m0/s1. The molecule has 0 aliphatic heterocycles. The van der Waals surface area contributed by atoms with Gasteiger partial charge in [-0.05, 0) is 12.8 Å². The van der Waals surface area contributed by atoms with Crippen LogP contribution >= 0.6 is 0 Å². The van der Waals surface area contributed by atoms with E-state index in [1.807, 2.05) is 0 Å². The summed E-state index contributed by atoms with van der Waals surface area (Å²) in [5, 5.41) is 23.4. The molecule has 0 aromatic rings. The van der Waals surface area contributed by atoms with Crippen molar-refractivity contribution < 1.29 is 29.3 Å². The molecule has 8 heteroatoms. The van der Waals surface area contributed by atoms with E-state index in [2.05, 4.69) is 15.4 Å². The molecule has 0 bridgehead atoms. The Hall–Kier alpha value is -1.83. The van der Waals surface area contributed by atoms with E-state index in [4.69, 9.17) is 5.11 Å². The minimum Gasteiger partial charge on any atom is -0.480 e. The number of aliphatic hydroxyl groups excluding tert-OH is 1. The Balaban J connectivity index is 2.48. The van der Waals surface area contributed by atoms with E-state index in [0.717, 1.165) is 20.0 Å². The molecule has 114 valence electrons. The van der Waals surface area contributed by atoms with Gasteiger partial charge in [-0.15, -0.1) is 0 Å². The Morgan fingerprint density at radius 1 is 1.30 bits per heavy atom. The predicted molar refractivity (Wildman–Crippen MR) is 68.0 cm³/mol. The second-order valence-electron chi connectivity index (χ2n) is 4.75. The maximum Gasteiger partial charge on any atom is 0.326 e. The lowest BCUT2D eigenvalue weighted by Gasteiger charge is -2.28. The minimum atomic E-state index is -1.36. The van der Waals surface area contributed by atoms with Crippen molar-refractivity contribution in [2.45, 2.75) is 50.3 Å². The van der Waals surface area contributed by atoms with Crippen LogP contribution < -0.4 is 10.6 Å². The van der Waals surface area contributed by atoms with Gasteiger partial charge in [-0.1, -0.05) is 12.8 Å². The highest BCUT2D eigenvalue weighted by Crippen LogP contribution is 2.18. The van der Waals surface area contributed by atoms with Crippen LogP contribution in [0.5, 0.6) is 0 Å². The number of ether oxygens (including phenoxy) is 1. The molecule has 0 aromatic heterocycles. The van der Waals surface area contributed by atoms with Crippen LogP contribution in [0.25, 0.3) is 0 Å². The van der Waals surface area contributed by atoms with Gasteiger partial charge in [0.2, 0.25) is 0 Å². The molecule has 0 aromatic carbocycles. The van der Waals surface area contributed by atoms with E-state index in [0.29, 0.717) is 12.8 Å². The van der Waals surface area contributed by atoms with Crippen molar-refractivity contribution >= 4 is 18.0 Å². The molecule has 1 aliphatic rings. The lowest BCUT2D eigenvalue weighted by atomic mass is 9.93. The molecule has 0 saturated heterocycles. The second-order valence-corrected chi connectivity index (χ2v) is 4.75. The highest BCUT2D eigenvalue weighted by atomic mass is 16.5. The molecule has 2 unspecified atom stereocenters. The van der Waals surface area contributed by atoms with Gasteiger partial charge in [0.05, 0.1) is 25.7 Å². The molecule has 1 fully saturated rings. The van der Waals surface area contributed by atoms with Gasteiger partial charge in [0, 0.05) is 0 Å². The number of carbonyl (C=O) groups is 3. The Morgan fingerprint density at radius 2 is 1.95 bits per heavy atom. The molecule has 0 radical (unpaired) electrons. The van der Waals surface area contributed by atoms with Crippen LogP contribution in [0.4, 0.5) is 4.79 Å². The van der Waals surface area contributed by atoms with Crippen LogP contribution in [0.15, 0.2) is 0 Å². The number of hydrogen-bond acceptors (Lipinski definition) is 5. The molecule has 0 spiro atoms. The largest absolute Gasteiger partial charge is 0.480 e. The zero-order valence-electron chi connectivity index (χ0n) is 11.3. The maximum absolute atomic E-state index is 11.7. The minimum absolute atomic E-state index is 0.392. The Morgan fingerprint density at radius 3 is 2.50 bits per heavy atom. The first-order valence-electron chi connectivity index (χ1n) is 6.48. The summed E-state index contributed by atoms with van der Waals surface area (Å²) in [5.41, 5.74) is 0. The lowest BCUT2D eigenvalue weighted by molar-refractivity contribution is -0.147. The molecule has 0 heterocycles. The van der Waals surface area contributed by atoms with Crippen molar-refractivity contribution in [1.29, 1.82) is 0 Å². The van der Waals surface area contributed by atoms with Crippen molar-refractivity contribution in [3.63, 3.8) is 0 Å². The van der Waals surface area contributed by atoms with E-state index >= 15 is 0 Å². The van der Waals surface area contributed by atoms with E-state index in [1.54, 1.807) is 0 Å². The van der Waals surface area contributed by atoms with Crippen molar-refractivity contribution in [1.82, 2.24) is 10.6 Å². The number of rotatable bonds is 5. The average Bonchev–Trinajstić information content (AvgIpc) is 2.40. The summed E-state index contributed by atoms with van der Waals surface area (Å²) in [4.78, 5) is 33.7. The SMILES string of the molecule is COC(=O)C[C@H](NC(=O)NC1CCCCC1O)C(=O)O. The Bertz CT molecular complexity index is 373. The second kappa shape index (κ2) is 7.68. The molecule has 2 amide bonds. The number of urea groups is 1. The van der Waals surface area contributed by atoms with Gasteiger partial charge in [-0.3, -0.25) is 4.79 Å². The van der Waals surface area contributed by atoms with E-state index in [9.17, 15) is 19.5 Å². The summed E-state index contributed by atoms with van der Waals surface area (Å²) in [7, 11) is 1.14. The number of carbonyl (C=O) groups excluding carboxylic acids is 2. The van der Waals surface area contributed by atoms with Gasteiger partial charge in [-0.2, -0.15) is 0 Å². The zero-order chi connectivity index (χ0) is 15.1. The molecular weight excluding hydrogens is 268 g/mol. The maximum atomic E-state index is 11.7. The number of methoxy groups -OCH3 is 1. The summed E-state index contributed by atoms with van der Waals surface area (Å²) >= 11 is 0. The molecule has 1 rings (SSSR count). The van der Waals surface area contributed by atoms with E-state index in [-0.39, 0.29) is 0 Å². The fourth-order valence-electron chi connectivity index (χ4n) is 2.10. The van der Waals surface area contributed by atoms with Gasteiger partial charge in [0.15, 0.2) is 0 Å². The van der Waals surface area contributed by atoms with Gasteiger partial charge in [-0.25, -0.2) is 9.59 Å². The molecule has 8 nitrogen and oxygen atoms in total. The zero-order valence-corrected chi connectivity index (χ0v) is 11.3. The molecule has 4 N–H and O–H groups in total. The third kappa shape index (κ3) is 5.04. The Kier molecular flexibility index (Phi) is 6.23. The van der Waals surface area contributed by atoms with Crippen LogP contribution in [0.3, 0.4) is 0 Å². The van der Waals surface area contributed by atoms with Crippen molar-refractivity contribution in [3.05, 3.63) is 0 Å². The summed E-state index contributed by atoms with van der Waals surface area (Å²) < 4.78 is 4.37. The monoisotopic (exact) mass is 288 g/mol. The normalized spacial score (nSPS) is 23.5. The molecule has 1 aliphatic carbocycles. The van der Waals surface area contributed by atoms with E-state index in [1.165, 1.54) is 0 Å². The predicted octanol–water partition coefficient (Wildman–Crippen LogP) is -0.395. The van der Waals surface area contributed by atoms with Crippen LogP contribution in [-0.2, 0) is 14.3 Å². The third-order valence-electron chi connectivity index (χ3n) is 3.25. The topological polar surface area (TPSA) is 125 Å². The van der Waals surface area contributed by atoms with Crippen LogP contribution in [0, 0.1) is 0 Å². The molecule has 3 atom stereocenters. The number of aliphatic hydroxyl groups is 1. The number of nitrogens with one attached hydrogen (secondary N) is 2. The number of amides is 2. The first kappa shape index (κ1) is 16.2. The van der Waals surface area contributed by atoms with Crippen molar-refractivity contribution in [2.24, 2.45) is 0 Å². The van der Waals surface area contributed by atoms with Crippen LogP contribution in [0.1, 0.15) is 32.1 Å². The lowest BCUT2D eigenvalue weighted by Crippen LogP contribution is -2.53. The molecular formula is C12H20N2O6. The van der Waals surface area contributed by atoms with Crippen molar-refractivity contribution in [2.75, 3.05) is 7.11 Å². The fraction of sp³-hybridized carbons (Fsp3) is 0.750. The number of hydrogen-bond donors (Lipinski definition) is 4. The highest BCUT2D eigenvalue weighted by molar-refractivity contribution is 5.86.